The van der Waals surface area contributed by atoms with Gasteiger partial charge in [-0.2, -0.15) is 0 Å². The number of fused-ring (bicyclic) bond motifs is 4. The van der Waals surface area contributed by atoms with Gasteiger partial charge < -0.3 is 0 Å². The predicted octanol–water partition coefficient (Wildman–Crippen LogP) is 13.9. The standard InChI is InChI=1S/C22H19.C21H17.C2H7Si.2ClH.Zr/c1-3-16-13-21-15(2)11-12-20(22(21)14-16)19-10-6-8-17-7-4-5-9-18(17)19;1-14-12-20-15(2)10-11-19(21(20)13-14)18-9-5-7-16-6-3-4-8-17(16)18;1-3-2;;;/h4-14H,3H2,1-2H3;3-13H,1-2H3;3H,1-2H3;2*1H;/q;;;;;+2/p-2. The Hall–Kier alpha value is -3.00. The van der Waals surface area contributed by atoms with Crippen molar-refractivity contribution >= 4 is 56.6 Å². The molecule has 0 amide bonds. The first-order valence-electron chi connectivity index (χ1n) is 17.7. The number of allylic oxidation sites excluding steroid dienone is 2. The van der Waals surface area contributed by atoms with Gasteiger partial charge in [0.05, 0.1) is 0 Å². The minimum absolute atomic E-state index is 0.0628. The molecule has 8 rings (SSSR count). The average Bonchev–Trinajstić information content (AvgIpc) is 3.69. The van der Waals surface area contributed by atoms with E-state index in [1.54, 1.807) is 0 Å². The third-order valence-corrected chi connectivity index (χ3v) is 63.8. The topological polar surface area (TPSA) is 0 Å². The summed E-state index contributed by atoms with van der Waals surface area (Å²) in [7, 11) is 17.5. The first-order valence-corrected chi connectivity index (χ1v) is 34.0. The van der Waals surface area contributed by atoms with E-state index >= 15 is 0 Å². The number of halogens is 2. The number of hydrogen-bond acceptors (Lipinski definition) is 0. The summed E-state index contributed by atoms with van der Waals surface area (Å²) in [4.78, 5) is 0. The second-order valence-electron chi connectivity index (χ2n) is 14.8. The van der Waals surface area contributed by atoms with Crippen LogP contribution in [0.25, 0.3) is 56.0 Å². The van der Waals surface area contributed by atoms with Crippen molar-refractivity contribution in [3.63, 3.8) is 0 Å². The molecule has 2 aliphatic carbocycles. The van der Waals surface area contributed by atoms with Crippen LogP contribution in [0.2, 0.25) is 13.1 Å². The summed E-state index contributed by atoms with van der Waals surface area (Å²) >= 11 is -4.90. The van der Waals surface area contributed by atoms with Gasteiger partial charge in [-0.3, -0.25) is 0 Å². The van der Waals surface area contributed by atoms with Gasteiger partial charge >= 0.3 is 303 Å². The molecular formula is C45H43Cl2SiZr. The van der Waals surface area contributed by atoms with Crippen molar-refractivity contribution in [3.8, 4) is 22.3 Å². The van der Waals surface area contributed by atoms with E-state index in [9.17, 15) is 0 Å². The fourth-order valence-electron chi connectivity index (χ4n) is 9.43. The zero-order valence-corrected chi connectivity index (χ0v) is 34.4. The maximum absolute atomic E-state index is 8.75. The first-order chi connectivity index (χ1) is 23.5. The van der Waals surface area contributed by atoms with Crippen LogP contribution in [-0.2, 0) is 15.6 Å². The Morgan fingerprint density at radius 3 is 1.53 bits per heavy atom. The van der Waals surface area contributed by atoms with Crippen molar-refractivity contribution < 1.29 is 15.6 Å². The summed E-state index contributed by atoms with van der Waals surface area (Å²) < 4.78 is 0.138. The molecule has 0 bridgehead atoms. The molecule has 2 atom stereocenters. The van der Waals surface area contributed by atoms with Gasteiger partial charge in [0.2, 0.25) is 0 Å². The Morgan fingerprint density at radius 2 is 1.02 bits per heavy atom. The predicted molar refractivity (Wildman–Crippen MR) is 216 cm³/mol. The molecule has 2 unspecified atom stereocenters. The molecule has 0 saturated carbocycles. The monoisotopic (exact) mass is 771 g/mol. The third kappa shape index (κ3) is 4.85. The summed E-state index contributed by atoms with van der Waals surface area (Å²) in [5.41, 5.74) is 15.9. The molecule has 6 aromatic carbocycles. The second-order valence-corrected chi connectivity index (χ2v) is 57.3. The summed E-state index contributed by atoms with van der Waals surface area (Å²) in [5.74, 6) is -1.67. The maximum atomic E-state index is 8.75. The van der Waals surface area contributed by atoms with E-state index in [2.05, 4.69) is 162 Å². The van der Waals surface area contributed by atoms with Crippen LogP contribution < -0.4 is 0 Å². The fourth-order valence-corrected chi connectivity index (χ4v) is 41.9. The average molecular weight is 774 g/mol. The molecule has 0 heterocycles. The molecule has 0 aliphatic heterocycles. The first kappa shape index (κ1) is 33.2. The van der Waals surface area contributed by atoms with Gasteiger partial charge in [0.25, 0.3) is 0 Å². The molecular weight excluding hydrogens is 731 g/mol. The van der Waals surface area contributed by atoms with Crippen LogP contribution in [0.1, 0.15) is 60.9 Å². The zero-order valence-electron chi connectivity index (χ0n) is 29.2. The molecule has 0 N–H and O–H groups in total. The van der Waals surface area contributed by atoms with Gasteiger partial charge in [-0.1, -0.05) is 0 Å². The van der Waals surface area contributed by atoms with E-state index in [1.165, 1.54) is 88.3 Å². The summed E-state index contributed by atoms with van der Waals surface area (Å²) in [6.45, 7) is 14.1. The van der Waals surface area contributed by atoms with E-state index in [0.717, 1.165) is 6.42 Å². The third-order valence-electron chi connectivity index (χ3n) is 11.9. The van der Waals surface area contributed by atoms with Crippen LogP contribution in [0.3, 0.4) is 0 Å². The van der Waals surface area contributed by atoms with Gasteiger partial charge in [-0.15, -0.1) is 0 Å². The minimum atomic E-state index is -4.90. The zero-order chi connectivity index (χ0) is 34.3. The SMILES string of the molecule is CCC1=Cc2c(-c3cccc4ccccc34)ccc(C)c2[CH]1[Zr]([Cl])([Cl])([CH]1C(C)=Cc2c(-c3cccc4ccccc34)ccc(C)c21)[SiH](C)C. The molecule has 6 aromatic rings. The van der Waals surface area contributed by atoms with Crippen LogP contribution in [0.4, 0.5) is 0 Å². The van der Waals surface area contributed by atoms with Crippen LogP contribution in [0.15, 0.2) is 120 Å². The quantitative estimate of drug-likeness (QED) is 0.148. The van der Waals surface area contributed by atoms with Gasteiger partial charge in [-0.05, 0) is 0 Å². The van der Waals surface area contributed by atoms with Gasteiger partial charge in [-0.25, -0.2) is 0 Å². The molecule has 0 spiro atoms. The molecule has 0 aromatic heterocycles. The fraction of sp³-hybridized carbons (Fsp3) is 0.200. The molecule has 0 radical (unpaired) electrons. The van der Waals surface area contributed by atoms with Gasteiger partial charge in [0, 0.05) is 0 Å². The number of aryl methyl sites for hydroxylation is 2. The molecule has 0 saturated heterocycles. The second kappa shape index (κ2) is 12.1. The molecule has 2 aliphatic rings. The number of hydrogen-bond donors (Lipinski definition) is 0. The Morgan fingerprint density at radius 1 is 0.551 bits per heavy atom. The Balaban J connectivity index is 1.37. The van der Waals surface area contributed by atoms with Crippen LogP contribution >= 0.6 is 17.0 Å². The Kier molecular flexibility index (Phi) is 8.16. The van der Waals surface area contributed by atoms with E-state index in [4.69, 9.17) is 17.0 Å². The molecule has 49 heavy (non-hydrogen) atoms. The summed E-state index contributed by atoms with van der Waals surface area (Å²) in [5, 5.41) is 5.09. The Bertz CT molecular complexity index is 2390. The van der Waals surface area contributed by atoms with Gasteiger partial charge in [0.15, 0.2) is 0 Å². The van der Waals surface area contributed by atoms with Crippen molar-refractivity contribution in [1.29, 1.82) is 0 Å². The van der Waals surface area contributed by atoms with E-state index < -0.39 is 21.5 Å². The normalized spacial score (nSPS) is 17.9. The van der Waals surface area contributed by atoms with E-state index in [0.29, 0.717) is 0 Å². The van der Waals surface area contributed by atoms with Crippen molar-refractivity contribution in [1.82, 2.24) is 0 Å². The molecule has 245 valence electrons. The van der Waals surface area contributed by atoms with Crippen LogP contribution in [-0.4, -0.2) is 5.92 Å². The van der Waals surface area contributed by atoms with E-state index in [-0.39, 0.29) is 7.25 Å². The summed E-state index contributed by atoms with van der Waals surface area (Å²) in [6, 6.07) is 40.1. The molecule has 4 heteroatoms. The molecule has 0 nitrogen and oxygen atoms in total. The van der Waals surface area contributed by atoms with Crippen molar-refractivity contribution in [2.75, 3.05) is 0 Å². The van der Waals surface area contributed by atoms with E-state index in [1.807, 2.05) is 0 Å². The van der Waals surface area contributed by atoms with Crippen LogP contribution in [0, 0.1) is 13.8 Å². The summed E-state index contributed by atoms with van der Waals surface area (Å²) in [6.07, 6.45) is 5.88. The van der Waals surface area contributed by atoms with Gasteiger partial charge in [0.1, 0.15) is 0 Å². The van der Waals surface area contributed by atoms with Crippen molar-refractivity contribution in [2.45, 2.75) is 54.5 Å². The molecule has 0 fully saturated rings. The van der Waals surface area contributed by atoms with Crippen molar-refractivity contribution in [3.05, 3.63) is 154 Å². The van der Waals surface area contributed by atoms with Crippen molar-refractivity contribution in [2.24, 2.45) is 0 Å². The van der Waals surface area contributed by atoms with Crippen LogP contribution in [0.5, 0.6) is 0 Å². The number of rotatable bonds is 6. The number of benzene rings is 6. The Labute approximate surface area is 300 Å².